The van der Waals surface area contributed by atoms with Crippen molar-refractivity contribution in [2.75, 3.05) is 6.61 Å². The predicted molar refractivity (Wildman–Crippen MR) is 91.0 cm³/mol. The molecule has 0 spiro atoms. The molecule has 0 saturated carbocycles. The van der Waals surface area contributed by atoms with E-state index in [4.69, 9.17) is 9.47 Å². The molecule has 0 bridgehead atoms. The highest BCUT2D eigenvalue weighted by molar-refractivity contribution is 6.04. The van der Waals surface area contributed by atoms with Crippen molar-refractivity contribution < 1.29 is 14.3 Å². The second-order valence-corrected chi connectivity index (χ2v) is 5.57. The minimum absolute atomic E-state index is 0.0112. The summed E-state index contributed by atoms with van der Waals surface area (Å²) in [5.41, 5.74) is 1.32. The Morgan fingerprint density at radius 3 is 2.71 bits per heavy atom. The highest BCUT2D eigenvalue weighted by atomic mass is 16.5. The van der Waals surface area contributed by atoms with Crippen LogP contribution in [0.2, 0.25) is 0 Å². The first-order chi connectivity index (χ1) is 11.6. The van der Waals surface area contributed by atoms with E-state index in [1.54, 1.807) is 6.92 Å². The Morgan fingerprint density at radius 2 is 1.96 bits per heavy atom. The highest BCUT2D eigenvalue weighted by Gasteiger charge is 2.24. The first-order valence-electron chi connectivity index (χ1n) is 7.88. The number of carbonyl (C=O) groups excluding carboxylic acids is 1. The number of aromatic amines is 1. The van der Waals surface area contributed by atoms with E-state index in [0.29, 0.717) is 11.4 Å². The number of aromatic nitrogens is 3. The van der Waals surface area contributed by atoms with Crippen LogP contribution in [0.3, 0.4) is 0 Å². The molecule has 1 heterocycles. The lowest BCUT2D eigenvalue weighted by molar-refractivity contribution is 0.0520. The average Bonchev–Trinajstić information content (AvgIpc) is 3.03. The van der Waals surface area contributed by atoms with Gasteiger partial charge in [0.05, 0.1) is 18.3 Å². The summed E-state index contributed by atoms with van der Waals surface area (Å²) in [6.07, 6.45) is -0.0112. The van der Waals surface area contributed by atoms with Crippen LogP contribution in [-0.2, 0) is 4.74 Å². The molecule has 0 aliphatic rings. The van der Waals surface area contributed by atoms with Gasteiger partial charge in [-0.1, -0.05) is 30.3 Å². The smallest absolute Gasteiger partial charge is 0.361 e. The lowest BCUT2D eigenvalue weighted by atomic mass is 9.99. The number of rotatable bonds is 5. The molecule has 0 radical (unpaired) electrons. The Morgan fingerprint density at radius 1 is 1.17 bits per heavy atom. The van der Waals surface area contributed by atoms with Crippen LogP contribution in [0.25, 0.3) is 22.0 Å². The summed E-state index contributed by atoms with van der Waals surface area (Å²) in [6, 6.07) is 11.8. The van der Waals surface area contributed by atoms with Crippen LogP contribution in [0.15, 0.2) is 36.4 Å². The summed E-state index contributed by atoms with van der Waals surface area (Å²) < 4.78 is 11.0. The third kappa shape index (κ3) is 2.95. The summed E-state index contributed by atoms with van der Waals surface area (Å²) in [7, 11) is 0. The standard InChI is InChI=1S/C18H19N3O3/c1-4-23-18(22)17-16(19-21-20-17)15-13-8-6-5-7-12(13)9-10-14(15)24-11(2)3/h5-11H,4H2,1-3H3,(H,19,20,21). The maximum atomic E-state index is 12.2. The molecule has 0 amide bonds. The van der Waals surface area contributed by atoms with Crippen LogP contribution in [0.4, 0.5) is 0 Å². The Bertz CT molecular complexity index is 871. The van der Waals surface area contributed by atoms with E-state index < -0.39 is 5.97 Å². The monoisotopic (exact) mass is 325 g/mol. The number of fused-ring (bicyclic) bond motifs is 1. The van der Waals surface area contributed by atoms with Gasteiger partial charge < -0.3 is 9.47 Å². The second-order valence-electron chi connectivity index (χ2n) is 5.57. The van der Waals surface area contributed by atoms with Gasteiger partial charge in [0.25, 0.3) is 0 Å². The zero-order valence-electron chi connectivity index (χ0n) is 13.9. The topological polar surface area (TPSA) is 77.1 Å². The number of esters is 1. The van der Waals surface area contributed by atoms with E-state index in [1.807, 2.05) is 50.2 Å². The minimum atomic E-state index is -0.510. The number of hydrogen-bond acceptors (Lipinski definition) is 5. The molecule has 0 fully saturated rings. The molecule has 24 heavy (non-hydrogen) atoms. The largest absolute Gasteiger partial charge is 0.490 e. The van der Waals surface area contributed by atoms with Crippen molar-refractivity contribution in [1.82, 2.24) is 15.4 Å². The van der Waals surface area contributed by atoms with Crippen LogP contribution in [0.5, 0.6) is 5.75 Å². The van der Waals surface area contributed by atoms with E-state index in [2.05, 4.69) is 15.4 Å². The molecule has 124 valence electrons. The number of carbonyl (C=O) groups is 1. The number of benzene rings is 2. The molecule has 6 heteroatoms. The van der Waals surface area contributed by atoms with Gasteiger partial charge in [0.2, 0.25) is 0 Å². The lowest BCUT2D eigenvalue weighted by Crippen LogP contribution is -2.09. The molecular formula is C18H19N3O3. The van der Waals surface area contributed by atoms with Crippen LogP contribution < -0.4 is 4.74 Å². The normalized spacial score (nSPS) is 11.0. The fraction of sp³-hybridized carbons (Fsp3) is 0.278. The predicted octanol–water partition coefficient (Wildman–Crippen LogP) is 3.59. The van der Waals surface area contributed by atoms with Crippen LogP contribution in [0.1, 0.15) is 31.3 Å². The van der Waals surface area contributed by atoms with Gasteiger partial charge in [0.15, 0.2) is 5.69 Å². The number of H-pyrrole nitrogens is 1. The van der Waals surface area contributed by atoms with Crippen LogP contribution in [-0.4, -0.2) is 34.1 Å². The van der Waals surface area contributed by atoms with E-state index in [-0.39, 0.29) is 18.4 Å². The van der Waals surface area contributed by atoms with Gasteiger partial charge in [-0.25, -0.2) is 4.79 Å². The minimum Gasteiger partial charge on any atom is -0.490 e. The summed E-state index contributed by atoms with van der Waals surface area (Å²) in [5, 5.41) is 12.7. The first-order valence-corrected chi connectivity index (χ1v) is 7.88. The van der Waals surface area contributed by atoms with E-state index >= 15 is 0 Å². The molecule has 1 N–H and O–H groups in total. The van der Waals surface area contributed by atoms with Crippen molar-refractivity contribution in [3.63, 3.8) is 0 Å². The molecule has 0 aliphatic carbocycles. The van der Waals surface area contributed by atoms with Crippen LogP contribution in [0, 0.1) is 0 Å². The van der Waals surface area contributed by atoms with E-state index in [1.165, 1.54) is 0 Å². The molecule has 0 saturated heterocycles. The summed E-state index contributed by atoms with van der Waals surface area (Å²) in [5.74, 6) is 0.146. The van der Waals surface area contributed by atoms with Crippen molar-refractivity contribution >= 4 is 16.7 Å². The van der Waals surface area contributed by atoms with Gasteiger partial charge >= 0.3 is 5.97 Å². The van der Waals surface area contributed by atoms with Crippen LogP contribution >= 0.6 is 0 Å². The summed E-state index contributed by atoms with van der Waals surface area (Å²) in [4.78, 5) is 12.2. The maximum absolute atomic E-state index is 12.2. The molecule has 2 aromatic carbocycles. The van der Waals surface area contributed by atoms with Gasteiger partial charge in [-0.05, 0) is 37.6 Å². The highest BCUT2D eigenvalue weighted by Crippen LogP contribution is 2.37. The van der Waals surface area contributed by atoms with Crippen molar-refractivity contribution in [2.24, 2.45) is 0 Å². The van der Waals surface area contributed by atoms with Gasteiger partial charge in [0.1, 0.15) is 11.4 Å². The molecule has 0 atom stereocenters. The van der Waals surface area contributed by atoms with Gasteiger partial charge in [-0.2, -0.15) is 10.3 Å². The van der Waals surface area contributed by atoms with Crippen molar-refractivity contribution in [3.05, 3.63) is 42.1 Å². The zero-order valence-corrected chi connectivity index (χ0v) is 13.9. The Hall–Kier alpha value is -2.89. The molecule has 1 aromatic heterocycles. The number of ether oxygens (including phenoxy) is 2. The molecule has 3 aromatic rings. The van der Waals surface area contributed by atoms with Gasteiger partial charge in [-0.15, -0.1) is 5.10 Å². The van der Waals surface area contributed by atoms with Crippen molar-refractivity contribution in [2.45, 2.75) is 26.9 Å². The maximum Gasteiger partial charge on any atom is 0.361 e. The number of nitrogens with zero attached hydrogens (tertiary/aromatic N) is 2. The number of hydrogen-bond donors (Lipinski definition) is 1. The fourth-order valence-electron chi connectivity index (χ4n) is 2.59. The quantitative estimate of drug-likeness (QED) is 0.725. The van der Waals surface area contributed by atoms with Crippen molar-refractivity contribution in [1.29, 1.82) is 0 Å². The fourth-order valence-corrected chi connectivity index (χ4v) is 2.59. The molecular weight excluding hydrogens is 306 g/mol. The molecule has 3 rings (SSSR count). The van der Waals surface area contributed by atoms with Crippen molar-refractivity contribution in [3.8, 4) is 17.0 Å². The Kier molecular flexibility index (Phi) is 4.46. The van der Waals surface area contributed by atoms with E-state index in [9.17, 15) is 4.79 Å². The zero-order chi connectivity index (χ0) is 17.1. The summed E-state index contributed by atoms with van der Waals surface area (Å²) in [6.45, 7) is 5.93. The molecule has 0 aliphatic heterocycles. The lowest BCUT2D eigenvalue weighted by Gasteiger charge is -2.15. The van der Waals surface area contributed by atoms with Gasteiger partial charge in [0, 0.05) is 0 Å². The molecule has 0 unspecified atom stereocenters. The second kappa shape index (κ2) is 6.70. The summed E-state index contributed by atoms with van der Waals surface area (Å²) >= 11 is 0. The SMILES string of the molecule is CCOC(=O)c1n[nH]nc1-c1c(OC(C)C)ccc2ccccc12. The first kappa shape index (κ1) is 16.0. The molecule has 6 nitrogen and oxygen atoms in total. The average molecular weight is 325 g/mol. The third-order valence-electron chi connectivity index (χ3n) is 3.51. The third-order valence-corrected chi connectivity index (χ3v) is 3.51. The number of nitrogens with one attached hydrogen (secondary N) is 1. The van der Waals surface area contributed by atoms with E-state index in [0.717, 1.165) is 16.3 Å². The van der Waals surface area contributed by atoms with Gasteiger partial charge in [-0.3, -0.25) is 0 Å². The Balaban J connectivity index is 2.24. The Labute approximate surface area is 139 Å².